The molecule has 2 aromatic heterocycles. The standard InChI is InChI=1S/C9H11N5OS2/c1-4(2)8-12-13-9(16-8)10-7(15)6-5(3)11-14-17-6/h4H,1-3H3,(H,10,13,15). The second-order valence-electron chi connectivity index (χ2n) is 3.74. The molecule has 0 spiro atoms. The third kappa shape index (κ3) is 2.64. The predicted molar refractivity (Wildman–Crippen MR) is 66.6 cm³/mol. The van der Waals surface area contributed by atoms with Crippen LogP contribution in [0.5, 0.6) is 0 Å². The molecule has 6 nitrogen and oxygen atoms in total. The molecule has 0 atom stereocenters. The largest absolute Gasteiger partial charge is 0.296 e. The van der Waals surface area contributed by atoms with Crippen LogP contribution >= 0.6 is 22.9 Å². The number of aromatic nitrogens is 4. The van der Waals surface area contributed by atoms with E-state index in [0.717, 1.165) is 16.5 Å². The van der Waals surface area contributed by atoms with Gasteiger partial charge < -0.3 is 0 Å². The summed E-state index contributed by atoms with van der Waals surface area (Å²) in [6, 6.07) is 0. The van der Waals surface area contributed by atoms with Gasteiger partial charge in [-0.3, -0.25) is 10.1 Å². The van der Waals surface area contributed by atoms with E-state index in [4.69, 9.17) is 0 Å². The van der Waals surface area contributed by atoms with Crippen LogP contribution in [-0.4, -0.2) is 25.7 Å². The van der Waals surface area contributed by atoms with Crippen LogP contribution in [0.15, 0.2) is 0 Å². The van der Waals surface area contributed by atoms with Crippen molar-refractivity contribution in [3.63, 3.8) is 0 Å². The van der Waals surface area contributed by atoms with Crippen molar-refractivity contribution in [2.24, 2.45) is 0 Å². The Balaban J connectivity index is 2.11. The summed E-state index contributed by atoms with van der Waals surface area (Å²) in [4.78, 5) is 12.3. The molecule has 0 aliphatic heterocycles. The molecule has 17 heavy (non-hydrogen) atoms. The van der Waals surface area contributed by atoms with E-state index in [9.17, 15) is 4.79 Å². The van der Waals surface area contributed by atoms with Crippen molar-refractivity contribution < 1.29 is 4.79 Å². The first-order chi connectivity index (χ1) is 8.08. The highest BCUT2D eigenvalue weighted by molar-refractivity contribution is 7.15. The smallest absolute Gasteiger partial charge is 0.271 e. The molecule has 2 aromatic rings. The van der Waals surface area contributed by atoms with Gasteiger partial charge in [0.25, 0.3) is 5.91 Å². The van der Waals surface area contributed by atoms with E-state index in [0.29, 0.717) is 21.6 Å². The van der Waals surface area contributed by atoms with E-state index in [-0.39, 0.29) is 5.91 Å². The highest BCUT2D eigenvalue weighted by atomic mass is 32.1. The molecule has 0 aromatic carbocycles. The number of carbonyl (C=O) groups is 1. The van der Waals surface area contributed by atoms with Gasteiger partial charge in [-0.1, -0.05) is 29.7 Å². The molecule has 0 fully saturated rings. The number of rotatable bonds is 3. The van der Waals surface area contributed by atoms with Crippen molar-refractivity contribution in [1.82, 2.24) is 19.8 Å². The predicted octanol–water partition coefficient (Wildman–Crippen LogP) is 2.07. The number of aryl methyl sites for hydroxylation is 1. The number of nitrogens with one attached hydrogen (secondary N) is 1. The number of anilines is 1. The molecule has 0 saturated carbocycles. The minimum absolute atomic E-state index is 0.232. The van der Waals surface area contributed by atoms with E-state index >= 15 is 0 Å². The SMILES string of the molecule is Cc1nnsc1C(=O)Nc1nnc(C(C)C)s1. The van der Waals surface area contributed by atoms with Crippen molar-refractivity contribution in [3.8, 4) is 0 Å². The number of hydrogen-bond acceptors (Lipinski definition) is 7. The van der Waals surface area contributed by atoms with Crippen LogP contribution in [-0.2, 0) is 0 Å². The first kappa shape index (κ1) is 12.1. The Hall–Kier alpha value is -1.41. The Morgan fingerprint density at radius 2 is 2.06 bits per heavy atom. The van der Waals surface area contributed by atoms with Gasteiger partial charge in [0.1, 0.15) is 9.88 Å². The molecule has 0 bridgehead atoms. The summed E-state index contributed by atoms with van der Waals surface area (Å²) in [6.45, 7) is 5.81. The second-order valence-corrected chi connectivity index (χ2v) is 5.50. The Morgan fingerprint density at radius 3 is 2.59 bits per heavy atom. The number of amides is 1. The molecule has 0 radical (unpaired) electrons. The Bertz CT molecular complexity index is 533. The van der Waals surface area contributed by atoms with Crippen molar-refractivity contribution in [1.29, 1.82) is 0 Å². The maximum Gasteiger partial charge on any atom is 0.271 e. The van der Waals surface area contributed by atoms with Crippen LogP contribution in [0.3, 0.4) is 0 Å². The van der Waals surface area contributed by atoms with Crippen LogP contribution in [0.1, 0.15) is 40.1 Å². The van der Waals surface area contributed by atoms with E-state index < -0.39 is 0 Å². The van der Waals surface area contributed by atoms with Gasteiger partial charge in [0.2, 0.25) is 5.13 Å². The lowest BCUT2D eigenvalue weighted by atomic mass is 10.2. The third-order valence-electron chi connectivity index (χ3n) is 2.01. The molecule has 8 heteroatoms. The maximum absolute atomic E-state index is 11.8. The zero-order valence-electron chi connectivity index (χ0n) is 9.59. The summed E-state index contributed by atoms with van der Waals surface area (Å²) in [5, 5.41) is 15.8. The first-order valence-corrected chi connectivity index (χ1v) is 6.60. The summed E-state index contributed by atoms with van der Waals surface area (Å²) >= 11 is 2.46. The molecule has 2 rings (SSSR count). The molecule has 90 valence electrons. The fourth-order valence-corrected chi connectivity index (χ4v) is 2.40. The van der Waals surface area contributed by atoms with E-state index in [2.05, 4.69) is 25.1 Å². The Morgan fingerprint density at radius 1 is 1.29 bits per heavy atom. The molecule has 0 unspecified atom stereocenters. The highest BCUT2D eigenvalue weighted by Crippen LogP contribution is 2.23. The normalized spacial score (nSPS) is 10.8. The summed E-state index contributed by atoms with van der Waals surface area (Å²) in [5.41, 5.74) is 0.626. The zero-order chi connectivity index (χ0) is 12.4. The minimum atomic E-state index is -0.232. The summed E-state index contributed by atoms with van der Waals surface area (Å²) in [7, 11) is 0. The van der Waals surface area contributed by atoms with Gasteiger partial charge in [-0.25, -0.2) is 0 Å². The lowest BCUT2D eigenvalue weighted by Crippen LogP contribution is -2.11. The van der Waals surface area contributed by atoms with Crippen molar-refractivity contribution in [2.75, 3.05) is 5.32 Å². The molecule has 0 aliphatic rings. The minimum Gasteiger partial charge on any atom is -0.296 e. The van der Waals surface area contributed by atoms with Crippen LogP contribution in [0.4, 0.5) is 5.13 Å². The first-order valence-electron chi connectivity index (χ1n) is 5.01. The fraction of sp³-hybridized carbons (Fsp3) is 0.444. The van der Waals surface area contributed by atoms with E-state index in [1.807, 2.05) is 13.8 Å². The zero-order valence-corrected chi connectivity index (χ0v) is 11.2. The summed E-state index contributed by atoms with van der Waals surface area (Å²) in [5.74, 6) is 0.0777. The average molecular weight is 269 g/mol. The summed E-state index contributed by atoms with van der Waals surface area (Å²) < 4.78 is 3.72. The van der Waals surface area contributed by atoms with Gasteiger partial charge >= 0.3 is 0 Å². The molecular weight excluding hydrogens is 258 g/mol. The quantitative estimate of drug-likeness (QED) is 0.922. The maximum atomic E-state index is 11.8. The third-order valence-corrected chi connectivity index (χ3v) is 3.98. The van der Waals surface area contributed by atoms with Gasteiger partial charge in [-0.15, -0.1) is 15.3 Å². The van der Waals surface area contributed by atoms with Gasteiger partial charge in [0.15, 0.2) is 0 Å². The van der Waals surface area contributed by atoms with Gasteiger partial charge in [0.05, 0.1) is 5.69 Å². The number of carbonyl (C=O) groups excluding carboxylic acids is 1. The van der Waals surface area contributed by atoms with E-state index in [1.165, 1.54) is 11.3 Å². The van der Waals surface area contributed by atoms with E-state index in [1.54, 1.807) is 6.92 Å². The van der Waals surface area contributed by atoms with Crippen LogP contribution < -0.4 is 5.32 Å². The Kier molecular flexibility index (Phi) is 3.43. The molecular formula is C9H11N5OS2. The molecule has 0 aliphatic carbocycles. The monoisotopic (exact) mass is 269 g/mol. The van der Waals surface area contributed by atoms with Gasteiger partial charge in [0, 0.05) is 5.92 Å². The molecule has 1 N–H and O–H groups in total. The number of nitrogens with zero attached hydrogens (tertiary/aromatic N) is 4. The lowest BCUT2D eigenvalue weighted by Gasteiger charge is -1.97. The lowest BCUT2D eigenvalue weighted by molar-refractivity contribution is 0.102. The number of hydrogen-bond donors (Lipinski definition) is 1. The van der Waals surface area contributed by atoms with Crippen molar-refractivity contribution in [3.05, 3.63) is 15.6 Å². The second kappa shape index (κ2) is 4.84. The topological polar surface area (TPSA) is 80.7 Å². The van der Waals surface area contributed by atoms with Crippen molar-refractivity contribution >= 4 is 33.9 Å². The average Bonchev–Trinajstić information content (AvgIpc) is 2.86. The summed E-state index contributed by atoms with van der Waals surface area (Å²) in [6.07, 6.45) is 0. The fourth-order valence-electron chi connectivity index (χ4n) is 1.11. The molecule has 1 amide bonds. The molecule has 0 saturated heterocycles. The highest BCUT2D eigenvalue weighted by Gasteiger charge is 2.16. The van der Waals surface area contributed by atoms with Crippen molar-refractivity contribution in [2.45, 2.75) is 26.7 Å². The molecule has 2 heterocycles. The Labute approximate surface area is 106 Å². The van der Waals surface area contributed by atoms with Crippen LogP contribution in [0.25, 0.3) is 0 Å². The van der Waals surface area contributed by atoms with Crippen LogP contribution in [0.2, 0.25) is 0 Å². The van der Waals surface area contributed by atoms with Gasteiger partial charge in [-0.05, 0) is 18.5 Å². The van der Waals surface area contributed by atoms with Gasteiger partial charge in [-0.2, -0.15) is 0 Å². The van der Waals surface area contributed by atoms with Crippen LogP contribution in [0, 0.1) is 6.92 Å².